The highest BCUT2D eigenvalue weighted by molar-refractivity contribution is 7.89. The van der Waals surface area contributed by atoms with Crippen molar-refractivity contribution in [2.75, 3.05) is 34.4 Å². The van der Waals surface area contributed by atoms with Gasteiger partial charge in [-0.1, -0.05) is 12.1 Å². The van der Waals surface area contributed by atoms with Crippen molar-refractivity contribution in [2.24, 2.45) is 0 Å². The van der Waals surface area contributed by atoms with Gasteiger partial charge in [0.15, 0.2) is 0 Å². The number of benzene rings is 1. The van der Waals surface area contributed by atoms with E-state index >= 15 is 0 Å². The van der Waals surface area contributed by atoms with Crippen LogP contribution in [-0.2, 0) is 14.8 Å². The van der Waals surface area contributed by atoms with Gasteiger partial charge >= 0.3 is 0 Å². The molecule has 0 spiro atoms. The maximum Gasteiger partial charge on any atom is 0.246 e. The normalized spacial score (nSPS) is 13.5. The third kappa shape index (κ3) is 3.90. The molecular formula is C12H19NO5S. The number of aliphatic hydroxyl groups is 1. The summed E-state index contributed by atoms with van der Waals surface area (Å²) in [5, 5.41) is 9.59. The number of aliphatic hydroxyl groups excluding tert-OH is 1. The zero-order valence-electron chi connectivity index (χ0n) is 11.2. The molecule has 1 aromatic carbocycles. The lowest BCUT2D eigenvalue weighted by molar-refractivity contribution is 0.0554. The van der Waals surface area contributed by atoms with Crippen LogP contribution in [0.2, 0.25) is 0 Å². The molecule has 0 heterocycles. The first-order valence-electron chi connectivity index (χ1n) is 5.69. The Kier molecular flexibility index (Phi) is 5.74. The van der Waals surface area contributed by atoms with Crippen LogP contribution >= 0.6 is 0 Å². The second-order valence-corrected chi connectivity index (χ2v) is 6.06. The Hall–Kier alpha value is -1.15. The minimum absolute atomic E-state index is 0.0474. The summed E-state index contributed by atoms with van der Waals surface area (Å²) in [6, 6.07) is 6.35. The molecule has 1 rings (SSSR count). The Bertz CT molecular complexity index is 503. The molecule has 0 aliphatic heterocycles. The Morgan fingerprint density at radius 3 is 2.53 bits per heavy atom. The van der Waals surface area contributed by atoms with Gasteiger partial charge in [-0.15, -0.1) is 0 Å². The number of methoxy groups -OCH3 is 2. The second kappa shape index (κ2) is 6.85. The van der Waals surface area contributed by atoms with Crippen molar-refractivity contribution in [2.45, 2.75) is 11.0 Å². The molecule has 108 valence electrons. The van der Waals surface area contributed by atoms with Gasteiger partial charge in [0.05, 0.1) is 19.8 Å². The van der Waals surface area contributed by atoms with Gasteiger partial charge < -0.3 is 14.6 Å². The van der Waals surface area contributed by atoms with Crippen molar-refractivity contribution in [3.8, 4) is 5.75 Å². The van der Waals surface area contributed by atoms with Crippen molar-refractivity contribution in [3.05, 3.63) is 24.3 Å². The zero-order chi connectivity index (χ0) is 14.5. The van der Waals surface area contributed by atoms with Gasteiger partial charge in [0.1, 0.15) is 10.6 Å². The fourth-order valence-corrected chi connectivity index (χ4v) is 3.00. The molecule has 0 saturated carbocycles. The number of nitrogens with zero attached hydrogens (tertiary/aromatic N) is 1. The maximum atomic E-state index is 12.3. The standard InChI is InChI=1S/C12H19NO5S/c1-13(8-10(14)9-17-2)19(15,16)12-7-5-4-6-11(12)18-3/h4-7,10,14H,8-9H2,1-3H3. The summed E-state index contributed by atoms with van der Waals surface area (Å²) in [6.45, 7) is 0.0278. The number of rotatable bonds is 7. The Balaban J connectivity index is 2.97. The van der Waals surface area contributed by atoms with Crippen LogP contribution in [0.5, 0.6) is 5.75 Å². The molecule has 0 aliphatic rings. The minimum atomic E-state index is -3.70. The third-order valence-electron chi connectivity index (χ3n) is 2.58. The predicted molar refractivity (Wildman–Crippen MR) is 70.7 cm³/mol. The molecule has 0 fully saturated rings. The summed E-state index contributed by atoms with van der Waals surface area (Å²) in [6.07, 6.45) is -0.875. The van der Waals surface area contributed by atoms with Crippen LogP contribution in [-0.4, -0.2) is 58.4 Å². The van der Waals surface area contributed by atoms with E-state index in [-0.39, 0.29) is 23.8 Å². The number of likely N-dealkylation sites (N-methyl/N-ethyl adjacent to an activating group) is 1. The van der Waals surface area contributed by atoms with Crippen molar-refractivity contribution in [3.63, 3.8) is 0 Å². The van der Waals surface area contributed by atoms with Crippen LogP contribution in [0.3, 0.4) is 0 Å². The van der Waals surface area contributed by atoms with E-state index in [0.717, 1.165) is 4.31 Å². The Morgan fingerprint density at radius 1 is 1.32 bits per heavy atom. The van der Waals surface area contributed by atoms with Gasteiger partial charge in [-0.05, 0) is 12.1 Å². The van der Waals surface area contributed by atoms with Crippen molar-refractivity contribution in [1.82, 2.24) is 4.31 Å². The molecule has 0 aliphatic carbocycles. The SMILES string of the molecule is COCC(O)CN(C)S(=O)(=O)c1ccccc1OC. The van der Waals surface area contributed by atoms with E-state index < -0.39 is 16.1 Å². The average Bonchev–Trinajstić information content (AvgIpc) is 2.38. The first kappa shape index (κ1) is 15.9. The van der Waals surface area contributed by atoms with E-state index in [0.29, 0.717) is 0 Å². The number of hydrogen-bond acceptors (Lipinski definition) is 5. The summed E-state index contributed by atoms with van der Waals surface area (Å²) >= 11 is 0. The van der Waals surface area contributed by atoms with Gasteiger partial charge in [-0.25, -0.2) is 8.42 Å². The molecule has 1 N–H and O–H groups in total. The summed E-state index contributed by atoms with van der Waals surface area (Å²) in [5.41, 5.74) is 0. The van der Waals surface area contributed by atoms with Crippen LogP contribution in [0.25, 0.3) is 0 Å². The zero-order valence-corrected chi connectivity index (χ0v) is 12.1. The van der Waals surface area contributed by atoms with Crippen LogP contribution in [0, 0.1) is 0 Å². The summed E-state index contributed by atoms with van der Waals surface area (Å²) in [4.78, 5) is 0.0737. The van der Waals surface area contributed by atoms with E-state index in [2.05, 4.69) is 0 Å². The lowest BCUT2D eigenvalue weighted by Crippen LogP contribution is -2.36. The number of para-hydroxylation sites is 1. The highest BCUT2D eigenvalue weighted by Crippen LogP contribution is 2.25. The summed E-state index contributed by atoms with van der Waals surface area (Å²) < 4.78 is 35.6. The Labute approximate surface area is 113 Å². The first-order valence-corrected chi connectivity index (χ1v) is 7.13. The van der Waals surface area contributed by atoms with Crippen molar-refractivity contribution in [1.29, 1.82) is 0 Å². The number of sulfonamides is 1. The van der Waals surface area contributed by atoms with Gasteiger partial charge in [0.2, 0.25) is 10.0 Å². The fraction of sp³-hybridized carbons (Fsp3) is 0.500. The Morgan fingerprint density at radius 2 is 1.95 bits per heavy atom. The summed E-state index contributed by atoms with van der Waals surface area (Å²) in [7, 11) is 0.554. The van der Waals surface area contributed by atoms with Gasteiger partial charge in [0.25, 0.3) is 0 Å². The van der Waals surface area contributed by atoms with Crippen molar-refractivity contribution < 1.29 is 23.0 Å². The maximum absolute atomic E-state index is 12.3. The molecule has 0 radical (unpaired) electrons. The van der Waals surface area contributed by atoms with Gasteiger partial charge in [-0.2, -0.15) is 4.31 Å². The highest BCUT2D eigenvalue weighted by atomic mass is 32.2. The minimum Gasteiger partial charge on any atom is -0.495 e. The average molecular weight is 289 g/mol. The third-order valence-corrected chi connectivity index (χ3v) is 4.45. The van der Waals surface area contributed by atoms with Crippen LogP contribution in [0.15, 0.2) is 29.2 Å². The molecular weight excluding hydrogens is 270 g/mol. The van der Waals surface area contributed by atoms with E-state index in [1.54, 1.807) is 18.2 Å². The monoisotopic (exact) mass is 289 g/mol. The van der Waals surface area contributed by atoms with E-state index in [1.165, 1.54) is 27.3 Å². The van der Waals surface area contributed by atoms with E-state index in [1.807, 2.05) is 0 Å². The molecule has 0 amide bonds. The molecule has 0 saturated heterocycles. The number of hydrogen-bond donors (Lipinski definition) is 1. The molecule has 0 aromatic heterocycles. The second-order valence-electron chi connectivity index (χ2n) is 4.05. The lowest BCUT2D eigenvalue weighted by atomic mass is 10.3. The topological polar surface area (TPSA) is 76.1 Å². The summed E-state index contributed by atoms with van der Waals surface area (Å²) in [5.74, 6) is 0.274. The largest absolute Gasteiger partial charge is 0.495 e. The quantitative estimate of drug-likeness (QED) is 0.782. The van der Waals surface area contributed by atoms with Crippen LogP contribution < -0.4 is 4.74 Å². The van der Waals surface area contributed by atoms with E-state index in [4.69, 9.17) is 9.47 Å². The molecule has 1 unspecified atom stereocenters. The molecule has 1 atom stereocenters. The van der Waals surface area contributed by atoms with Crippen molar-refractivity contribution >= 4 is 10.0 Å². The van der Waals surface area contributed by atoms with Gasteiger partial charge in [0, 0.05) is 20.7 Å². The number of ether oxygens (including phenoxy) is 2. The molecule has 0 bridgehead atoms. The van der Waals surface area contributed by atoms with Gasteiger partial charge in [-0.3, -0.25) is 0 Å². The molecule has 1 aromatic rings. The van der Waals surface area contributed by atoms with E-state index in [9.17, 15) is 13.5 Å². The molecule has 19 heavy (non-hydrogen) atoms. The fourth-order valence-electron chi connectivity index (χ4n) is 1.64. The highest BCUT2D eigenvalue weighted by Gasteiger charge is 2.25. The van der Waals surface area contributed by atoms with Crippen LogP contribution in [0.4, 0.5) is 0 Å². The van der Waals surface area contributed by atoms with Crippen LogP contribution in [0.1, 0.15) is 0 Å². The first-order chi connectivity index (χ1) is 8.93. The smallest absolute Gasteiger partial charge is 0.246 e. The predicted octanol–water partition coefficient (Wildman–Crippen LogP) is 0.323. The molecule has 6 nitrogen and oxygen atoms in total. The lowest BCUT2D eigenvalue weighted by Gasteiger charge is -2.21. The molecule has 7 heteroatoms.